The number of rotatable bonds is 2. The Balaban J connectivity index is 2.82. The van der Waals surface area contributed by atoms with Crippen LogP contribution in [0.2, 0.25) is 0 Å². The minimum atomic E-state index is -0.761. The number of ether oxygens (including phenoxy) is 1. The van der Waals surface area contributed by atoms with Gasteiger partial charge in [0.15, 0.2) is 0 Å². The summed E-state index contributed by atoms with van der Waals surface area (Å²) in [6, 6.07) is 0. The van der Waals surface area contributed by atoms with Crippen LogP contribution in [-0.2, 0) is 14.3 Å². The van der Waals surface area contributed by atoms with Gasteiger partial charge in [0.2, 0.25) is 11.8 Å². The van der Waals surface area contributed by atoms with Crippen molar-refractivity contribution in [1.29, 1.82) is 0 Å². The average Bonchev–Trinajstić information content (AvgIpc) is 2.14. The molecule has 0 aromatic rings. The molecule has 0 aromatic carbocycles. The molecule has 0 saturated carbocycles. The summed E-state index contributed by atoms with van der Waals surface area (Å²) < 4.78 is 4.80. The molecule has 0 aliphatic carbocycles. The van der Waals surface area contributed by atoms with Gasteiger partial charge in [-0.05, 0) is 13.8 Å². The molecule has 5 nitrogen and oxygen atoms in total. The van der Waals surface area contributed by atoms with E-state index in [0.29, 0.717) is 13.1 Å². The van der Waals surface area contributed by atoms with E-state index in [1.165, 1.54) is 7.11 Å². The molecular weight excluding hydrogens is 196 g/mol. The van der Waals surface area contributed by atoms with Crippen LogP contribution >= 0.6 is 0 Å². The molecule has 15 heavy (non-hydrogen) atoms. The van der Waals surface area contributed by atoms with Gasteiger partial charge >= 0.3 is 0 Å². The molecule has 0 spiro atoms. The number of nitrogens with zero attached hydrogens (tertiary/aromatic N) is 2. The second-order valence-corrected chi connectivity index (χ2v) is 4.26. The number of hydrogen-bond donors (Lipinski definition) is 0. The summed E-state index contributed by atoms with van der Waals surface area (Å²) in [7, 11) is 3.23. The Morgan fingerprint density at radius 3 is 2.60 bits per heavy atom. The number of amides is 2. The Kier molecular flexibility index (Phi) is 3.34. The zero-order valence-corrected chi connectivity index (χ0v) is 9.74. The van der Waals surface area contributed by atoms with Crippen LogP contribution in [0.4, 0.5) is 0 Å². The molecule has 1 rings (SSSR count). The first-order valence-electron chi connectivity index (χ1n) is 4.96. The average molecular weight is 214 g/mol. The van der Waals surface area contributed by atoms with E-state index in [1.54, 1.807) is 30.7 Å². The van der Waals surface area contributed by atoms with E-state index in [2.05, 4.69) is 0 Å². The number of likely N-dealkylation sites (N-methyl/N-ethyl adjacent to an activating group) is 1. The molecule has 1 fully saturated rings. The SMILES string of the molecule is COCC(=O)N1CCN(C)C(=O)C1(C)C. The Bertz CT molecular complexity index is 276. The maximum Gasteiger partial charge on any atom is 0.249 e. The van der Waals surface area contributed by atoms with Gasteiger partial charge in [-0.3, -0.25) is 9.59 Å². The van der Waals surface area contributed by atoms with Gasteiger partial charge in [-0.25, -0.2) is 0 Å². The maximum absolute atomic E-state index is 11.9. The Morgan fingerprint density at radius 2 is 2.07 bits per heavy atom. The van der Waals surface area contributed by atoms with Crippen LogP contribution in [0, 0.1) is 0 Å². The summed E-state index contributed by atoms with van der Waals surface area (Å²) in [6.45, 7) is 4.70. The lowest BCUT2D eigenvalue weighted by molar-refractivity contribution is -0.159. The highest BCUT2D eigenvalue weighted by atomic mass is 16.5. The third-order valence-electron chi connectivity index (χ3n) is 2.77. The van der Waals surface area contributed by atoms with Crippen molar-refractivity contribution in [3.63, 3.8) is 0 Å². The zero-order valence-electron chi connectivity index (χ0n) is 9.74. The largest absolute Gasteiger partial charge is 0.375 e. The van der Waals surface area contributed by atoms with E-state index in [4.69, 9.17) is 4.74 Å². The van der Waals surface area contributed by atoms with E-state index in [9.17, 15) is 9.59 Å². The summed E-state index contributed by atoms with van der Waals surface area (Å²) in [6.07, 6.45) is 0. The molecule has 1 saturated heterocycles. The first-order chi connectivity index (χ1) is 6.91. The first-order valence-corrected chi connectivity index (χ1v) is 4.96. The van der Waals surface area contributed by atoms with Gasteiger partial charge < -0.3 is 14.5 Å². The molecule has 5 heteroatoms. The molecule has 1 aliphatic heterocycles. The van der Waals surface area contributed by atoms with Crippen LogP contribution in [0.1, 0.15) is 13.8 Å². The highest BCUT2D eigenvalue weighted by molar-refractivity contribution is 5.92. The Labute approximate surface area is 90.0 Å². The van der Waals surface area contributed by atoms with Gasteiger partial charge in [-0.2, -0.15) is 0 Å². The molecule has 86 valence electrons. The maximum atomic E-state index is 11.9. The van der Waals surface area contributed by atoms with E-state index >= 15 is 0 Å². The van der Waals surface area contributed by atoms with Crippen molar-refractivity contribution in [3.05, 3.63) is 0 Å². The molecular formula is C10H18N2O3. The standard InChI is InChI=1S/C10H18N2O3/c1-10(2)9(14)11(3)5-6-12(10)8(13)7-15-4/h5-7H2,1-4H3. The molecule has 1 aliphatic rings. The van der Waals surface area contributed by atoms with Crippen LogP contribution in [0.3, 0.4) is 0 Å². The van der Waals surface area contributed by atoms with Crippen LogP contribution in [0.25, 0.3) is 0 Å². The van der Waals surface area contributed by atoms with Crippen LogP contribution < -0.4 is 0 Å². The predicted octanol–water partition coefficient (Wildman–Crippen LogP) is -0.288. The second-order valence-electron chi connectivity index (χ2n) is 4.26. The highest BCUT2D eigenvalue weighted by Gasteiger charge is 2.42. The van der Waals surface area contributed by atoms with Crippen molar-refractivity contribution >= 4 is 11.8 Å². The molecule has 0 radical (unpaired) electrons. The highest BCUT2D eigenvalue weighted by Crippen LogP contribution is 2.21. The lowest BCUT2D eigenvalue weighted by Crippen LogP contribution is -2.64. The normalized spacial score (nSPS) is 20.7. The van der Waals surface area contributed by atoms with Crippen molar-refractivity contribution < 1.29 is 14.3 Å². The van der Waals surface area contributed by atoms with Gasteiger partial charge in [0, 0.05) is 27.2 Å². The van der Waals surface area contributed by atoms with Crippen molar-refractivity contribution in [2.75, 3.05) is 33.9 Å². The molecule has 0 aromatic heterocycles. The van der Waals surface area contributed by atoms with Crippen molar-refractivity contribution in [3.8, 4) is 0 Å². The number of hydrogen-bond acceptors (Lipinski definition) is 3. The lowest BCUT2D eigenvalue weighted by atomic mass is 9.98. The zero-order chi connectivity index (χ0) is 11.6. The number of carbonyl (C=O) groups excluding carboxylic acids is 2. The van der Waals surface area contributed by atoms with Gasteiger partial charge in [0.1, 0.15) is 12.1 Å². The molecule has 0 unspecified atom stereocenters. The fourth-order valence-electron chi connectivity index (χ4n) is 1.85. The first kappa shape index (κ1) is 12.0. The molecule has 0 atom stereocenters. The molecule has 0 N–H and O–H groups in total. The van der Waals surface area contributed by atoms with Crippen LogP contribution in [-0.4, -0.2) is 61.0 Å². The molecule has 2 amide bonds. The molecule has 0 bridgehead atoms. The summed E-state index contributed by atoms with van der Waals surface area (Å²) in [5, 5.41) is 0. The van der Waals surface area contributed by atoms with Crippen molar-refractivity contribution in [2.45, 2.75) is 19.4 Å². The van der Waals surface area contributed by atoms with E-state index < -0.39 is 5.54 Å². The second kappa shape index (κ2) is 4.18. The summed E-state index contributed by atoms with van der Waals surface area (Å²) >= 11 is 0. The monoisotopic (exact) mass is 214 g/mol. The topological polar surface area (TPSA) is 49.9 Å². The Morgan fingerprint density at radius 1 is 1.47 bits per heavy atom. The van der Waals surface area contributed by atoms with Crippen molar-refractivity contribution in [2.24, 2.45) is 0 Å². The molecule has 1 heterocycles. The van der Waals surface area contributed by atoms with E-state index in [-0.39, 0.29) is 18.4 Å². The van der Waals surface area contributed by atoms with Gasteiger partial charge in [-0.1, -0.05) is 0 Å². The minimum Gasteiger partial charge on any atom is -0.375 e. The number of piperazine rings is 1. The number of carbonyl (C=O) groups is 2. The van der Waals surface area contributed by atoms with Crippen molar-refractivity contribution in [1.82, 2.24) is 9.80 Å². The fraction of sp³-hybridized carbons (Fsp3) is 0.800. The summed E-state index contributed by atoms with van der Waals surface area (Å²) in [5.41, 5.74) is -0.761. The Hall–Kier alpha value is -1.10. The smallest absolute Gasteiger partial charge is 0.249 e. The third kappa shape index (κ3) is 2.12. The van der Waals surface area contributed by atoms with Gasteiger partial charge in [0.25, 0.3) is 0 Å². The minimum absolute atomic E-state index is 0.0282. The van der Waals surface area contributed by atoms with E-state index in [1.807, 2.05) is 0 Å². The summed E-state index contributed by atoms with van der Waals surface area (Å²) in [5.74, 6) is -0.165. The van der Waals surface area contributed by atoms with Gasteiger partial charge in [0.05, 0.1) is 0 Å². The van der Waals surface area contributed by atoms with Crippen LogP contribution in [0.15, 0.2) is 0 Å². The summed E-state index contributed by atoms with van der Waals surface area (Å²) in [4.78, 5) is 26.8. The van der Waals surface area contributed by atoms with E-state index in [0.717, 1.165) is 0 Å². The number of methoxy groups -OCH3 is 1. The van der Waals surface area contributed by atoms with Gasteiger partial charge in [-0.15, -0.1) is 0 Å². The third-order valence-corrected chi connectivity index (χ3v) is 2.77. The fourth-order valence-corrected chi connectivity index (χ4v) is 1.85. The van der Waals surface area contributed by atoms with Crippen LogP contribution in [0.5, 0.6) is 0 Å². The lowest BCUT2D eigenvalue weighted by Gasteiger charge is -2.44. The predicted molar refractivity (Wildman–Crippen MR) is 55.3 cm³/mol. The quantitative estimate of drug-likeness (QED) is 0.635.